The van der Waals surface area contributed by atoms with E-state index in [9.17, 15) is 14.4 Å². The van der Waals surface area contributed by atoms with Crippen LogP contribution in [0.1, 0.15) is 44.1 Å². The number of ether oxygens (including phenoxy) is 1. The van der Waals surface area contributed by atoms with E-state index in [1.165, 1.54) is 17.6 Å². The highest BCUT2D eigenvalue weighted by atomic mass is 32.2. The molecule has 0 bridgehead atoms. The van der Waals surface area contributed by atoms with Gasteiger partial charge >= 0.3 is 5.97 Å². The molecule has 2 heterocycles. The van der Waals surface area contributed by atoms with Gasteiger partial charge in [0.05, 0.1) is 13.0 Å². The Bertz CT molecular complexity index is 744. The highest BCUT2D eigenvalue weighted by Gasteiger charge is 2.38. The van der Waals surface area contributed by atoms with Crippen LogP contribution in [0.4, 0.5) is 0 Å². The summed E-state index contributed by atoms with van der Waals surface area (Å²) in [6.45, 7) is 1.18. The van der Waals surface area contributed by atoms with Crippen molar-refractivity contribution >= 4 is 29.5 Å². The standard InChI is InChI=1S/C22H30N2O4S/c1-28-21(27)17-9-13-24(14-10-17)20(26)8-12-22(11-7-19(25)23-22)15-16-3-5-18(29-2)6-4-16/h3-6,17H,7-15H2,1-2H3,(H,23,25)/t22-/m0/s1. The number of hydrogen-bond donors (Lipinski definition) is 1. The molecule has 158 valence electrons. The van der Waals surface area contributed by atoms with Crippen molar-refractivity contribution in [3.05, 3.63) is 29.8 Å². The van der Waals surface area contributed by atoms with Gasteiger partial charge in [-0.2, -0.15) is 0 Å². The molecule has 2 saturated heterocycles. The number of methoxy groups -OCH3 is 1. The lowest BCUT2D eigenvalue weighted by Crippen LogP contribution is -2.46. The molecular weight excluding hydrogens is 388 g/mol. The lowest BCUT2D eigenvalue weighted by atomic mass is 9.84. The minimum absolute atomic E-state index is 0.0667. The van der Waals surface area contributed by atoms with Crippen LogP contribution in [-0.4, -0.2) is 54.7 Å². The van der Waals surface area contributed by atoms with E-state index in [1.807, 2.05) is 11.2 Å². The maximum atomic E-state index is 12.8. The predicted molar refractivity (Wildman–Crippen MR) is 113 cm³/mol. The second kappa shape index (κ2) is 9.65. The summed E-state index contributed by atoms with van der Waals surface area (Å²) in [6, 6.07) is 8.41. The van der Waals surface area contributed by atoms with Crippen molar-refractivity contribution in [2.75, 3.05) is 26.5 Å². The average molecular weight is 419 g/mol. The van der Waals surface area contributed by atoms with Crippen LogP contribution in [0.25, 0.3) is 0 Å². The summed E-state index contributed by atoms with van der Waals surface area (Å²) in [7, 11) is 1.41. The summed E-state index contributed by atoms with van der Waals surface area (Å²) in [5.74, 6) is -0.116. The predicted octanol–water partition coefficient (Wildman–Crippen LogP) is 2.79. The van der Waals surface area contributed by atoms with Gasteiger partial charge in [-0.1, -0.05) is 12.1 Å². The van der Waals surface area contributed by atoms with Crippen LogP contribution in [0.5, 0.6) is 0 Å². The van der Waals surface area contributed by atoms with E-state index in [0.29, 0.717) is 45.2 Å². The van der Waals surface area contributed by atoms with Crippen LogP contribution in [0.2, 0.25) is 0 Å². The number of likely N-dealkylation sites (tertiary alicyclic amines) is 1. The summed E-state index contributed by atoms with van der Waals surface area (Å²) in [4.78, 5) is 39.4. The van der Waals surface area contributed by atoms with Crippen LogP contribution < -0.4 is 5.32 Å². The Morgan fingerprint density at radius 1 is 1.24 bits per heavy atom. The molecule has 0 aromatic heterocycles. The molecule has 29 heavy (non-hydrogen) atoms. The summed E-state index contributed by atoms with van der Waals surface area (Å²) in [6.07, 6.45) is 6.42. The number of nitrogens with one attached hydrogen (secondary N) is 1. The molecule has 0 unspecified atom stereocenters. The molecule has 1 aromatic carbocycles. The minimum Gasteiger partial charge on any atom is -0.469 e. The largest absolute Gasteiger partial charge is 0.469 e. The molecule has 6 nitrogen and oxygen atoms in total. The quantitative estimate of drug-likeness (QED) is 0.544. The van der Waals surface area contributed by atoms with Gasteiger partial charge < -0.3 is 15.0 Å². The summed E-state index contributed by atoms with van der Waals surface area (Å²) < 4.78 is 4.81. The van der Waals surface area contributed by atoms with Gasteiger partial charge in [-0.15, -0.1) is 11.8 Å². The topological polar surface area (TPSA) is 75.7 Å². The third-order valence-corrected chi connectivity index (χ3v) is 6.88. The average Bonchev–Trinajstić information content (AvgIpc) is 3.12. The fraction of sp³-hybridized carbons (Fsp3) is 0.591. The van der Waals surface area contributed by atoms with Crippen molar-refractivity contribution in [3.8, 4) is 0 Å². The second-order valence-corrected chi connectivity index (χ2v) is 8.91. The molecule has 1 N–H and O–H groups in total. The molecule has 2 fully saturated rings. The summed E-state index contributed by atoms with van der Waals surface area (Å²) >= 11 is 1.70. The zero-order valence-electron chi connectivity index (χ0n) is 17.2. The molecule has 0 saturated carbocycles. The maximum Gasteiger partial charge on any atom is 0.308 e. The van der Waals surface area contributed by atoms with E-state index in [4.69, 9.17) is 4.74 Å². The molecule has 0 aliphatic carbocycles. The van der Waals surface area contributed by atoms with Gasteiger partial charge in [0, 0.05) is 36.4 Å². The van der Waals surface area contributed by atoms with Gasteiger partial charge in [0.15, 0.2) is 0 Å². The van der Waals surface area contributed by atoms with Gasteiger partial charge in [-0.25, -0.2) is 0 Å². The molecule has 3 rings (SSSR count). The van der Waals surface area contributed by atoms with E-state index in [1.54, 1.807) is 11.8 Å². The van der Waals surface area contributed by atoms with Crippen molar-refractivity contribution in [1.29, 1.82) is 0 Å². The Hall–Kier alpha value is -2.02. The van der Waals surface area contributed by atoms with Crippen LogP contribution in [0.15, 0.2) is 29.2 Å². The smallest absolute Gasteiger partial charge is 0.308 e. The number of esters is 1. The first-order valence-corrected chi connectivity index (χ1v) is 11.5. The summed E-state index contributed by atoms with van der Waals surface area (Å²) in [5.41, 5.74) is 0.828. The van der Waals surface area contributed by atoms with Crippen molar-refractivity contribution in [1.82, 2.24) is 10.2 Å². The van der Waals surface area contributed by atoms with E-state index in [0.717, 1.165) is 12.8 Å². The first kappa shape index (κ1) is 21.7. The first-order chi connectivity index (χ1) is 13.9. The van der Waals surface area contributed by atoms with Crippen molar-refractivity contribution < 1.29 is 19.1 Å². The molecule has 1 aromatic rings. The van der Waals surface area contributed by atoms with Gasteiger partial charge in [0.2, 0.25) is 11.8 Å². The van der Waals surface area contributed by atoms with E-state index in [2.05, 4.69) is 29.6 Å². The van der Waals surface area contributed by atoms with Crippen LogP contribution in [0.3, 0.4) is 0 Å². The molecule has 2 aliphatic rings. The molecular formula is C22H30N2O4S. The van der Waals surface area contributed by atoms with Crippen molar-refractivity contribution in [2.45, 2.75) is 55.4 Å². The van der Waals surface area contributed by atoms with Crippen LogP contribution in [-0.2, 0) is 25.5 Å². The fourth-order valence-electron chi connectivity index (χ4n) is 4.35. The number of piperidine rings is 1. The maximum absolute atomic E-state index is 12.8. The van der Waals surface area contributed by atoms with Crippen LogP contribution in [0, 0.1) is 5.92 Å². The highest BCUT2D eigenvalue weighted by Crippen LogP contribution is 2.31. The minimum atomic E-state index is -0.349. The van der Waals surface area contributed by atoms with Gasteiger partial charge in [0.1, 0.15) is 0 Å². The van der Waals surface area contributed by atoms with Gasteiger partial charge in [-0.05, 0) is 56.1 Å². The lowest BCUT2D eigenvalue weighted by molar-refractivity contribution is -0.149. The first-order valence-electron chi connectivity index (χ1n) is 10.2. The Labute approximate surface area is 176 Å². The third kappa shape index (κ3) is 5.53. The molecule has 7 heteroatoms. The second-order valence-electron chi connectivity index (χ2n) is 8.03. The van der Waals surface area contributed by atoms with E-state index in [-0.39, 0.29) is 29.2 Å². The zero-order valence-corrected chi connectivity index (χ0v) is 18.1. The number of benzene rings is 1. The normalized spacial score (nSPS) is 22.4. The molecule has 0 radical (unpaired) electrons. The Kier molecular flexibility index (Phi) is 7.22. The SMILES string of the molecule is COC(=O)C1CCN(C(=O)CC[C@]2(Cc3ccc(SC)cc3)CCC(=O)N2)CC1. The number of carbonyl (C=O) groups excluding carboxylic acids is 3. The Morgan fingerprint density at radius 3 is 2.48 bits per heavy atom. The summed E-state index contributed by atoms with van der Waals surface area (Å²) in [5, 5.41) is 3.16. The highest BCUT2D eigenvalue weighted by molar-refractivity contribution is 7.98. The number of thioether (sulfide) groups is 1. The number of rotatable bonds is 7. The van der Waals surface area contributed by atoms with Crippen molar-refractivity contribution in [2.24, 2.45) is 5.92 Å². The number of nitrogens with zero attached hydrogens (tertiary/aromatic N) is 1. The molecule has 2 amide bonds. The van der Waals surface area contributed by atoms with Gasteiger partial charge in [-0.3, -0.25) is 14.4 Å². The van der Waals surface area contributed by atoms with Crippen molar-refractivity contribution in [3.63, 3.8) is 0 Å². The van der Waals surface area contributed by atoms with Gasteiger partial charge in [0.25, 0.3) is 0 Å². The molecule has 1 atom stereocenters. The Morgan fingerprint density at radius 2 is 1.93 bits per heavy atom. The zero-order chi connectivity index (χ0) is 20.9. The molecule has 0 spiro atoms. The lowest BCUT2D eigenvalue weighted by Gasteiger charge is -2.33. The fourth-order valence-corrected chi connectivity index (χ4v) is 4.76. The van der Waals surface area contributed by atoms with E-state index < -0.39 is 0 Å². The van der Waals surface area contributed by atoms with Crippen LogP contribution >= 0.6 is 11.8 Å². The molecule has 2 aliphatic heterocycles. The monoisotopic (exact) mass is 418 g/mol. The number of amides is 2. The van der Waals surface area contributed by atoms with E-state index >= 15 is 0 Å². The Balaban J connectivity index is 1.57. The third-order valence-electron chi connectivity index (χ3n) is 6.14. The number of hydrogen-bond acceptors (Lipinski definition) is 5. The number of carbonyl (C=O) groups is 3.